The molecule has 3 nitrogen and oxygen atoms in total. The van der Waals surface area contributed by atoms with Crippen LogP contribution in [0.3, 0.4) is 0 Å². The van der Waals surface area contributed by atoms with Gasteiger partial charge in [-0.15, -0.1) is 0 Å². The fraction of sp³-hybridized carbons (Fsp3) is 0.235. The lowest BCUT2D eigenvalue weighted by molar-refractivity contribution is 0.251. The first-order valence-corrected chi connectivity index (χ1v) is 8.02. The molecule has 0 aliphatic rings. The Morgan fingerprint density at radius 2 is 1.86 bits per heavy atom. The maximum absolute atomic E-state index is 11.9. The number of hydrogen-bond acceptors (Lipinski definition) is 1. The van der Waals surface area contributed by atoms with Gasteiger partial charge in [-0.2, -0.15) is 0 Å². The largest absolute Gasteiger partial charge is 0.334 e. The average molecular weight is 394 g/mol. The number of nitrogens with one attached hydrogen (secondary N) is 2. The number of hydrogen-bond donors (Lipinski definition) is 2. The second kappa shape index (κ2) is 7.45. The van der Waals surface area contributed by atoms with Crippen LogP contribution in [-0.4, -0.2) is 6.03 Å². The second-order valence-corrected chi connectivity index (χ2v) is 6.46. The van der Waals surface area contributed by atoms with Crippen molar-refractivity contribution in [1.82, 2.24) is 5.32 Å². The molecule has 0 unspecified atom stereocenters. The number of urea groups is 1. The van der Waals surface area contributed by atoms with Crippen LogP contribution >= 0.6 is 22.6 Å². The van der Waals surface area contributed by atoms with E-state index in [1.54, 1.807) is 0 Å². The molecule has 0 heterocycles. The molecular weight excluding hydrogens is 375 g/mol. The van der Waals surface area contributed by atoms with Crippen LogP contribution in [0.1, 0.15) is 30.9 Å². The fourth-order valence-electron chi connectivity index (χ4n) is 1.96. The van der Waals surface area contributed by atoms with Crippen molar-refractivity contribution in [3.8, 4) is 0 Å². The zero-order valence-corrected chi connectivity index (χ0v) is 14.3. The molecule has 0 aliphatic carbocycles. The van der Waals surface area contributed by atoms with E-state index in [4.69, 9.17) is 0 Å². The predicted molar refractivity (Wildman–Crippen MR) is 95.5 cm³/mol. The SMILES string of the molecule is CC(C)c1ccc(NC(=O)NCc2cccc(I)c2)cc1. The molecule has 0 saturated carbocycles. The quantitative estimate of drug-likeness (QED) is 0.723. The molecule has 0 saturated heterocycles. The van der Waals surface area contributed by atoms with E-state index in [0.29, 0.717) is 12.5 Å². The maximum atomic E-state index is 11.9. The number of carbonyl (C=O) groups is 1. The van der Waals surface area contributed by atoms with Gasteiger partial charge in [0.25, 0.3) is 0 Å². The van der Waals surface area contributed by atoms with E-state index in [-0.39, 0.29) is 6.03 Å². The van der Waals surface area contributed by atoms with Gasteiger partial charge in [0.1, 0.15) is 0 Å². The molecule has 0 spiro atoms. The highest BCUT2D eigenvalue weighted by molar-refractivity contribution is 14.1. The zero-order chi connectivity index (χ0) is 15.2. The molecular formula is C17H19IN2O. The van der Waals surface area contributed by atoms with E-state index in [1.165, 1.54) is 5.56 Å². The summed E-state index contributed by atoms with van der Waals surface area (Å²) in [6.07, 6.45) is 0. The highest BCUT2D eigenvalue weighted by Crippen LogP contribution is 2.17. The van der Waals surface area contributed by atoms with Crippen molar-refractivity contribution in [1.29, 1.82) is 0 Å². The van der Waals surface area contributed by atoms with Crippen LogP contribution in [-0.2, 0) is 6.54 Å². The highest BCUT2D eigenvalue weighted by Gasteiger charge is 2.03. The molecule has 0 atom stereocenters. The van der Waals surface area contributed by atoms with Crippen LogP contribution < -0.4 is 10.6 Å². The number of amides is 2. The number of anilines is 1. The van der Waals surface area contributed by atoms with E-state index in [0.717, 1.165) is 14.8 Å². The molecule has 21 heavy (non-hydrogen) atoms. The van der Waals surface area contributed by atoms with Crippen LogP contribution in [0.25, 0.3) is 0 Å². The monoisotopic (exact) mass is 394 g/mol. The third kappa shape index (κ3) is 5.04. The van der Waals surface area contributed by atoms with Gasteiger partial charge in [-0.3, -0.25) is 0 Å². The summed E-state index contributed by atoms with van der Waals surface area (Å²) in [6, 6.07) is 15.8. The molecule has 2 aromatic carbocycles. The Hall–Kier alpha value is -1.56. The zero-order valence-electron chi connectivity index (χ0n) is 12.2. The smallest absolute Gasteiger partial charge is 0.319 e. The third-order valence-electron chi connectivity index (χ3n) is 3.18. The van der Waals surface area contributed by atoms with E-state index in [9.17, 15) is 4.79 Å². The van der Waals surface area contributed by atoms with E-state index < -0.39 is 0 Å². The minimum Gasteiger partial charge on any atom is -0.334 e. The predicted octanol–water partition coefficient (Wildman–Crippen LogP) is 4.74. The molecule has 2 N–H and O–H groups in total. The second-order valence-electron chi connectivity index (χ2n) is 5.21. The normalized spacial score (nSPS) is 10.5. The molecule has 0 radical (unpaired) electrons. The Morgan fingerprint density at radius 3 is 2.48 bits per heavy atom. The van der Waals surface area contributed by atoms with Gasteiger partial charge in [-0.1, -0.05) is 38.1 Å². The maximum Gasteiger partial charge on any atom is 0.319 e. The van der Waals surface area contributed by atoms with Crippen LogP contribution in [0, 0.1) is 3.57 Å². The molecule has 0 fully saturated rings. The molecule has 0 bridgehead atoms. The van der Waals surface area contributed by atoms with Gasteiger partial charge < -0.3 is 10.6 Å². The topological polar surface area (TPSA) is 41.1 Å². The van der Waals surface area contributed by atoms with Gasteiger partial charge in [0.05, 0.1) is 0 Å². The molecule has 2 amide bonds. The summed E-state index contributed by atoms with van der Waals surface area (Å²) in [5, 5.41) is 5.70. The van der Waals surface area contributed by atoms with Crippen LogP contribution in [0.15, 0.2) is 48.5 Å². The van der Waals surface area contributed by atoms with Crippen molar-refractivity contribution in [3.05, 3.63) is 63.2 Å². The van der Waals surface area contributed by atoms with Crippen molar-refractivity contribution in [2.75, 3.05) is 5.32 Å². The Morgan fingerprint density at radius 1 is 1.14 bits per heavy atom. The Kier molecular flexibility index (Phi) is 5.61. The number of benzene rings is 2. The number of rotatable bonds is 4. The lowest BCUT2D eigenvalue weighted by Gasteiger charge is -2.10. The molecule has 110 valence electrons. The van der Waals surface area contributed by atoms with E-state index in [1.807, 2.05) is 42.5 Å². The molecule has 2 rings (SSSR count). The van der Waals surface area contributed by atoms with Gasteiger partial charge >= 0.3 is 6.03 Å². The van der Waals surface area contributed by atoms with Gasteiger partial charge in [0.15, 0.2) is 0 Å². The summed E-state index contributed by atoms with van der Waals surface area (Å²) in [7, 11) is 0. The first kappa shape index (κ1) is 15.8. The van der Waals surface area contributed by atoms with Gasteiger partial charge in [-0.05, 0) is 63.9 Å². The third-order valence-corrected chi connectivity index (χ3v) is 3.85. The Balaban J connectivity index is 1.87. The van der Waals surface area contributed by atoms with Crippen LogP contribution in [0.5, 0.6) is 0 Å². The number of halogens is 1. The number of carbonyl (C=O) groups excluding carboxylic acids is 1. The van der Waals surface area contributed by atoms with E-state index >= 15 is 0 Å². The van der Waals surface area contributed by atoms with E-state index in [2.05, 4.69) is 53.1 Å². The summed E-state index contributed by atoms with van der Waals surface area (Å²) < 4.78 is 1.16. The Bertz CT molecular complexity index is 608. The van der Waals surface area contributed by atoms with Gasteiger partial charge in [-0.25, -0.2) is 4.79 Å². The van der Waals surface area contributed by atoms with Crippen molar-refractivity contribution in [3.63, 3.8) is 0 Å². The standard InChI is InChI=1S/C17H19IN2O/c1-12(2)14-6-8-16(9-7-14)20-17(21)19-11-13-4-3-5-15(18)10-13/h3-10,12H,11H2,1-2H3,(H2,19,20,21). The molecule has 0 aliphatic heterocycles. The minimum atomic E-state index is -0.189. The lowest BCUT2D eigenvalue weighted by atomic mass is 10.0. The van der Waals surface area contributed by atoms with Crippen LogP contribution in [0.2, 0.25) is 0 Å². The van der Waals surface area contributed by atoms with Crippen LogP contribution in [0.4, 0.5) is 10.5 Å². The van der Waals surface area contributed by atoms with Crippen molar-refractivity contribution >= 4 is 34.3 Å². The Labute approximate surface area is 139 Å². The first-order chi connectivity index (χ1) is 10.0. The van der Waals surface area contributed by atoms with Crippen molar-refractivity contribution in [2.24, 2.45) is 0 Å². The summed E-state index contributed by atoms with van der Waals surface area (Å²) in [5.74, 6) is 0.494. The lowest BCUT2D eigenvalue weighted by Crippen LogP contribution is -2.28. The summed E-state index contributed by atoms with van der Waals surface area (Å²) in [5.41, 5.74) is 3.16. The minimum absolute atomic E-state index is 0.189. The fourth-order valence-corrected chi connectivity index (χ4v) is 2.56. The molecule has 0 aromatic heterocycles. The highest BCUT2D eigenvalue weighted by atomic mass is 127. The molecule has 4 heteroatoms. The summed E-state index contributed by atoms with van der Waals surface area (Å²) in [4.78, 5) is 11.9. The van der Waals surface area contributed by atoms with Gasteiger partial charge in [0, 0.05) is 15.8 Å². The van der Waals surface area contributed by atoms with Gasteiger partial charge in [0.2, 0.25) is 0 Å². The van der Waals surface area contributed by atoms with Crippen molar-refractivity contribution in [2.45, 2.75) is 26.3 Å². The summed E-state index contributed by atoms with van der Waals surface area (Å²) in [6.45, 7) is 4.82. The molecule has 2 aromatic rings. The van der Waals surface area contributed by atoms with Crippen molar-refractivity contribution < 1.29 is 4.79 Å². The first-order valence-electron chi connectivity index (χ1n) is 6.94. The average Bonchev–Trinajstić information content (AvgIpc) is 2.46. The summed E-state index contributed by atoms with van der Waals surface area (Å²) >= 11 is 2.26.